The van der Waals surface area contributed by atoms with Crippen LogP contribution in [0.15, 0.2) is 12.4 Å². The maximum absolute atomic E-state index is 8.94. The Labute approximate surface area is 103 Å². The molecular formula is C13H21N3O. The molecule has 1 aliphatic carbocycles. The van der Waals surface area contributed by atoms with Gasteiger partial charge in [0.1, 0.15) is 5.82 Å². The quantitative estimate of drug-likeness (QED) is 0.870. The monoisotopic (exact) mass is 235 g/mol. The van der Waals surface area contributed by atoms with Crippen LogP contribution >= 0.6 is 0 Å². The first-order chi connectivity index (χ1) is 8.22. The van der Waals surface area contributed by atoms with E-state index >= 15 is 0 Å². The normalized spacial score (nSPS) is 24.6. The molecule has 1 aliphatic rings. The van der Waals surface area contributed by atoms with Crippen LogP contribution < -0.4 is 4.90 Å². The first-order valence-corrected chi connectivity index (χ1v) is 6.37. The van der Waals surface area contributed by atoms with Crippen molar-refractivity contribution < 1.29 is 5.11 Å². The Balaban J connectivity index is 2.09. The molecular weight excluding hydrogens is 214 g/mol. The predicted molar refractivity (Wildman–Crippen MR) is 67.8 cm³/mol. The fraction of sp³-hybridized carbons (Fsp3) is 0.692. The smallest absolute Gasteiger partial charge is 0.147 e. The molecule has 1 heterocycles. The van der Waals surface area contributed by atoms with Crippen LogP contribution in [0.2, 0.25) is 0 Å². The van der Waals surface area contributed by atoms with Gasteiger partial charge in [0.15, 0.2) is 0 Å². The third-order valence-corrected chi connectivity index (χ3v) is 3.78. The molecule has 17 heavy (non-hydrogen) atoms. The third kappa shape index (κ3) is 2.75. The Hall–Kier alpha value is -1.16. The largest absolute Gasteiger partial charge is 0.390 e. The number of hydrogen-bond donors (Lipinski definition) is 1. The molecule has 0 aliphatic heterocycles. The van der Waals surface area contributed by atoms with Gasteiger partial charge < -0.3 is 10.0 Å². The van der Waals surface area contributed by atoms with Crippen molar-refractivity contribution in [1.82, 2.24) is 9.97 Å². The van der Waals surface area contributed by atoms with E-state index < -0.39 is 0 Å². The zero-order valence-corrected chi connectivity index (χ0v) is 10.6. The van der Waals surface area contributed by atoms with Gasteiger partial charge in [-0.1, -0.05) is 19.8 Å². The summed E-state index contributed by atoms with van der Waals surface area (Å²) < 4.78 is 0. The summed E-state index contributed by atoms with van der Waals surface area (Å²) in [5.74, 6) is 1.62. The Kier molecular flexibility index (Phi) is 3.94. The molecule has 1 N–H and O–H groups in total. The molecule has 4 heteroatoms. The minimum Gasteiger partial charge on any atom is -0.390 e. The van der Waals surface area contributed by atoms with E-state index in [4.69, 9.17) is 5.11 Å². The lowest BCUT2D eigenvalue weighted by atomic mass is 9.85. The van der Waals surface area contributed by atoms with Crippen LogP contribution in [0, 0.1) is 5.92 Å². The van der Waals surface area contributed by atoms with Gasteiger partial charge in [-0.15, -0.1) is 0 Å². The molecule has 0 spiro atoms. The van der Waals surface area contributed by atoms with E-state index in [0.717, 1.165) is 5.82 Å². The minimum atomic E-state index is -0.0448. The number of hydrogen-bond acceptors (Lipinski definition) is 4. The van der Waals surface area contributed by atoms with Gasteiger partial charge in [0, 0.05) is 13.1 Å². The molecule has 1 aromatic rings. The summed E-state index contributed by atoms with van der Waals surface area (Å²) in [5, 5.41) is 8.94. The second kappa shape index (κ2) is 5.45. The molecule has 2 unspecified atom stereocenters. The topological polar surface area (TPSA) is 49.2 Å². The highest BCUT2D eigenvalue weighted by atomic mass is 16.3. The lowest BCUT2D eigenvalue weighted by Gasteiger charge is -2.36. The standard InChI is InChI=1S/C13H21N3O/c1-10-5-3-4-6-12(10)16(2)13-8-14-11(9-17)7-15-13/h7-8,10,12,17H,3-6,9H2,1-2H3. The first kappa shape index (κ1) is 12.3. The van der Waals surface area contributed by atoms with E-state index in [9.17, 15) is 0 Å². The molecule has 0 radical (unpaired) electrons. The predicted octanol–water partition coefficient (Wildman–Crippen LogP) is 1.98. The maximum Gasteiger partial charge on any atom is 0.147 e. The number of aliphatic hydroxyl groups excluding tert-OH is 1. The summed E-state index contributed by atoms with van der Waals surface area (Å²) in [6.07, 6.45) is 8.60. The summed E-state index contributed by atoms with van der Waals surface area (Å²) in [4.78, 5) is 10.8. The van der Waals surface area contributed by atoms with Gasteiger partial charge in [-0.05, 0) is 18.8 Å². The number of nitrogens with zero attached hydrogens (tertiary/aromatic N) is 3. The van der Waals surface area contributed by atoms with E-state index in [0.29, 0.717) is 17.7 Å². The fourth-order valence-corrected chi connectivity index (χ4v) is 2.65. The minimum absolute atomic E-state index is 0.0448. The fourth-order valence-electron chi connectivity index (χ4n) is 2.65. The van der Waals surface area contributed by atoms with E-state index in [1.54, 1.807) is 12.4 Å². The summed E-state index contributed by atoms with van der Waals surface area (Å²) in [5.41, 5.74) is 0.624. The first-order valence-electron chi connectivity index (χ1n) is 6.37. The van der Waals surface area contributed by atoms with Gasteiger partial charge in [0.25, 0.3) is 0 Å². The van der Waals surface area contributed by atoms with E-state index in [2.05, 4.69) is 28.8 Å². The molecule has 94 valence electrons. The number of anilines is 1. The average Bonchev–Trinajstić information content (AvgIpc) is 2.39. The van der Waals surface area contributed by atoms with Crippen molar-refractivity contribution in [2.24, 2.45) is 5.92 Å². The van der Waals surface area contributed by atoms with Crippen molar-refractivity contribution in [1.29, 1.82) is 0 Å². The van der Waals surface area contributed by atoms with Gasteiger partial charge in [-0.3, -0.25) is 4.98 Å². The molecule has 1 fully saturated rings. The molecule has 0 aromatic carbocycles. The summed E-state index contributed by atoms with van der Waals surface area (Å²) in [6, 6.07) is 0.568. The van der Waals surface area contributed by atoms with Crippen molar-refractivity contribution in [3.05, 3.63) is 18.1 Å². The van der Waals surface area contributed by atoms with Gasteiger partial charge in [-0.25, -0.2) is 4.98 Å². The van der Waals surface area contributed by atoms with Crippen molar-refractivity contribution in [3.8, 4) is 0 Å². The van der Waals surface area contributed by atoms with Crippen LogP contribution in [-0.4, -0.2) is 28.2 Å². The van der Waals surface area contributed by atoms with Crippen LogP contribution in [0.5, 0.6) is 0 Å². The highest BCUT2D eigenvalue weighted by molar-refractivity contribution is 5.36. The van der Waals surface area contributed by atoms with Crippen molar-refractivity contribution in [2.45, 2.75) is 45.3 Å². The number of rotatable bonds is 3. The van der Waals surface area contributed by atoms with Gasteiger partial charge in [0.2, 0.25) is 0 Å². The lowest BCUT2D eigenvalue weighted by Crippen LogP contribution is -2.39. The highest BCUT2D eigenvalue weighted by Crippen LogP contribution is 2.29. The lowest BCUT2D eigenvalue weighted by molar-refractivity contribution is 0.276. The molecule has 2 atom stereocenters. The van der Waals surface area contributed by atoms with Crippen LogP contribution in [0.25, 0.3) is 0 Å². The molecule has 1 aromatic heterocycles. The average molecular weight is 235 g/mol. The second-order valence-corrected chi connectivity index (χ2v) is 4.96. The molecule has 1 saturated carbocycles. The molecule has 4 nitrogen and oxygen atoms in total. The maximum atomic E-state index is 8.94. The summed E-state index contributed by atoms with van der Waals surface area (Å²) in [6.45, 7) is 2.27. The van der Waals surface area contributed by atoms with E-state index in [1.807, 2.05) is 0 Å². The van der Waals surface area contributed by atoms with Crippen molar-refractivity contribution in [3.63, 3.8) is 0 Å². The Morgan fingerprint density at radius 1 is 1.29 bits per heavy atom. The third-order valence-electron chi connectivity index (χ3n) is 3.78. The Bertz CT molecular complexity index is 352. The van der Waals surface area contributed by atoms with Crippen LogP contribution in [0.4, 0.5) is 5.82 Å². The highest BCUT2D eigenvalue weighted by Gasteiger charge is 2.25. The zero-order chi connectivity index (χ0) is 12.3. The number of aliphatic hydroxyl groups is 1. The van der Waals surface area contributed by atoms with Crippen LogP contribution in [0.1, 0.15) is 38.3 Å². The molecule has 2 rings (SSSR count). The van der Waals surface area contributed by atoms with Crippen molar-refractivity contribution in [2.75, 3.05) is 11.9 Å². The van der Waals surface area contributed by atoms with Gasteiger partial charge >= 0.3 is 0 Å². The van der Waals surface area contributed by atoms with Crippen molar-refractivity contribution >= 4 is 5.82 Å². The van der Waals surface area contributed by atoms with Crippen LogP contribution in [0.3, 0.4) is 0 Å². The van der Waals surface area contributed by atoms with Gasteiger partial charge in [0.05, 0.1) is 24.7 Å². The molecule has 0 amide bonds. The molecule has 0 bridgehead atoms. The second-order valence-electron chi connectivity index (χ2n) is 4.96. The van der Waals surface area contributed by atoms with Crippen LogP contribution in [-0.2, 0) is 6.61 Å². The number of aromatic nitrogens is 2. The summed E-state index contributed by atoms with van der Waals surface area (Å²) >= 11 is 0. The van der Waals surface area contributed by atoms with Gasteiger partial charge in [-0.2, -0.15) is 0 Å². The zero-order valence-electron chi connectivity index (χ0n) is 10.6. The Morgan fingerprint density at radius 3 is 2.65 bits per heavy atom. The molecule has 0 saturated heterocycles. The Morgan fingerprint density at radius 2 is 2.06 bits per heavy atom. The van der Waals surface area contributed by atoms with E-state index in [-0.39, 0.29) is 6.61 Å². The van der Waals surface area contributed by atoms with E-state index in [1.165, 1.54) is 25.7 Å². The summed E-state index contributed by atoms with van der Waals surface area (Å²) in [7, 11) is 2.09. The SMILES string of the molecule is CC1CCCCC1N(C)c1cnc(CO)cn1.